The van der Waals surface area contributed by atoms with Crippen molar-refractivity contribution in [2.24, 2.45) is 0 Å². The predicted octanol–water partition coefficient (Wildman–Crippen LogP) is 2.77. The van der Waals surface area contributed by atoms with Crippen LogP contribution in [0.5, 0.6) is 11.5 Å². The topological polar surface area (TPSA) is 76.6 Å². The summed E-state index contributed by atoms with van der Waals surface area (Å²) in [7, 11) is 3.22. The molecule has 0 atom stereocenters. The third kappa shape index (κ3) is 4.71. The Morgan fingerprint density at radius 3 is 2.57 bits per heavy atom. The quantitative estimate of drug-likeness (QED) is 0.791. The maximum atomic E-state index is 12.5. The zero-order chi connectivity index (χ0) is 19.9. The number of benzene rings is 1. The average Bonchev–Trinajstić information content (AvgIpc) is 2.74. The van der Waals surface area contributed by atoms with Crippen LogP contribution in [0.25, 0.3) is 0 Å². The van der Waals surface area contributed by atoms with Gasteiger partial charge in [0.1, 0.15) is 0 Å². The third-order valence-corrected chi connectivity index (χ3v) is 5.00. The summed E-state index contributed by atoms with van der Waals surface area (Å²) in [5.74, 6) is 1.95. The molecule has 150 valence electrons. The van der Waals surface area contributed by atoms with Crippen LogP contribution in [0.15, 0.2) is 24.4 Å². The molecule has 3 rings (SSSR count). The molecule has 1 saturated heterocycles. The largest absolute Gasteiger partial charge is 0.493 e. The molecule has 2 aromatic rings. The molecule has 7 heteroatoms. The number of hydrogen-bond acceptors (Lipinski definition) is 6. The first-order chi connectivity index (χ1) is 13.6. The minimum absolute atomic E-state index is 0.150. The van der Waals surface area contributed by atoms with Crippen LogP contribution in [-0.2, 0) is 6.42 Å². The van der Waals surface area contributed by atoms with Gasteiger partial charge in [-0.1, -0.05) is 6.07 Å². The molecule has 0 bridgehead atoms. The van der Waals surface area contributed by atoms with E-state index in [1.807, 2.05) is 25.1 Å². The number of anilines is 1. The van der Waals surface area contributed by atoms with Crippen molar-refractivity contribution >= 4 is 11.9 Å². The number of aromatic nitrogens is 2. The lowest BCUT2D eigenvalue weighted by molar-refractivity contribution is 0.0952. The number of nitrogens with zero attached hydrogens (tertiary/aromatic N) is 3. The molecule has 0 spiro atoms. The molecule has 28 heavy (non-hydrogen) atoms. The Bertz CT molecular complexity index is 819. The molecule has 2 heterocycles. The normalized spacial score (nSPS) is 13.9. The highest BCUT2D eigenvalue weighted by Gasteiger charge is 2.17. The second-order valence-corrected chi connectivity index (χ2v) is 6.91. The highest BCUT2D eigenvalue weighted by atomic mass is 16.5. The minimum atomic E-state index is -0.150. The van der Waals surface area contributed by atoms with Crippen molar-refractivity contribution in [3.8, 4) is 11.5 Å². The fourth-order valence-corrected chi connectivity index (χ4v) is 3.38. The molecular weight excluding hydrogens is 356 g/mol. The number of rotatable bonds is 7. The summed E-state index contributed by atoms with van der Waals surface area (Å²) in [4.78, 5) is 23.7. The number of aryl methyl sites for hydroxylation is 1. The van der Waals surface area contributed by atoms with E-state index in [1.165, 1.54) is 19.3 Å². The first-order valence-electron chi connectivity index (χ1n) is 9.70. The molecular formula is C21H28N4O3. The van der Waals surface area contributed by atoms with Crippen LogP contribution in [0.3, 0.4) is 0 Å². The molecule has 7 nitrogen and oxygen atoms in total. The van der Waals surface area contributed by atoms with Crippen LogP contribution < -0.4 is 19.7 Å². The summed E-state index contributed by atoms with van der Waals surface area (Å²) in [5.41, 5.74) is 2.29. The number of ether oxygens (including phenoxy) is 2. The molecule has 0 saturated carbocycles. The molecule has 1 aliphatic heterocycles. The van der Waals surface area contributed by atoms with E-state index in [4.69, 9.17) is 9.47 Å². The highest BCUT2D eigenvalue weighted by molar-refractivity contribution is 5.95. The second-order valence-electron chi connectivity index (χ2n) is 6.91. The van der Waals surface area contributed by atoms with Crippen molar-refractivity contribution in [1.82, 2.24) is 15.3 Å². The monoisotopic (exact) mass is 384 g/mol. The fraction of sp³-hybridized carbons (Fsp3) is 0.476. The maximum absolute atomic E-state index is 12.5. The lowest BCUT2D eigenvalue weighted by Gasteiger charge is -2.26. The molecule has 1 amide bonds. The smallest absolute Gasteiger partial charge is 0.254 e. The SMILES string of the molecule is COc1ccc(CCNC(=O)c2cnc(N3CCCCC3)nc2C)cc1OC. The van der Waals surface area contributed by atoms with Gasteiger partial charge >= 0.3 is 0 Å². The molecule has 1 aliphatic rings. The Morgan fingerprint density at radius 1 is 1.14 bits per heavy atom. The number of carbonyl (C=O) groups is 1. The molecule has 1 fully saturated rings. The Morgan fingerprint density at radius 2 is 1.89 bits per heavy atom. The van der Waals surface area contributed by atoms with Gasteiger partial charge in [-0.05, 0) is 50.3 Å². The van der Waals surface area contributed by atoms with Gasteiger partial charge in [0.2, 0.25) is 5.95 Å². The Hall–Kier alpha value is -2.83. The summed E-state index contributed by atoms with van der Waals surface area (Å²) in [6.07, 6.45) is 5.92. The van der Waals surface area contributed by atoms with Crippen molar-refractivity contribution in [2.75, 3.05) is 38.8 Å². The van der Waals surface area contributed by atoms with Gasteiger partial charge in [0, 0.05) is 25.8 Å². The van der Waals surface area contributed by atoms with E-state index in [0.29, 0.717) is 35.7 Å². The van der Waals surface area contributed by atoms with E-state index in [1.54, 1.807) is 20.4 Å². The number of hydrogen-bond donors (Lipinski definition) is 1. The van der Waals surface area contributed by atoms with Gasteiger partial charge in [0.15, 0.2) is 11.5 Å². The number of methoxy groups -OCH3 is 2. The van der Waals surface area contributed by atoms with Gasteiger partial charge in [-0.3, -0.25) is 4.79 Å². The van der Waals surface area contributed by atoms with Crippen LogP contribution in [0.2, 0.25) is 0 Å². The summed E-state index contributed by atoms with van der Waals surface area (Å²) in [5, 5.41) is 2.95. The summed E-state index contributed by atoms with van der Waals surface area (Å²) in [6, 6.07) is 5.76. The lowest BCUT2D eigenvalue weighted by Crippen LogP contribution is -2.32. The van der Waals surface area contributed by atoms with Gasteiger partial charge in [0.25, 0.3) is 5.91 Å². The molecule has 1 aromatic heterocycles. The number of piperidine rings is 1. The number of carbonyl (C=O) groups excluding carboxylic acids is 1. The summed E-state index contributed by atoms with van der Waals surface area (Å²) in [6.45, 7) is 4.34. The van der Waals surface area contributed by atoms with Gasteiger partial charge in [-0.2, -0.15) is 0 Å². The average molecular weight is 384 g/mol. The van der Waals surface area contributed by atoms with Gasteiger partial charge in [0.05, 0.1) is 25.5 Å². The van der Waals surface area contributed by atoms with E-state index in [9.17, 15) is 4.79 Å². The van der Waals surface area contributed by atoms with E-state index >= 15 is 0 Å². The number of amides is 1. The Balaban J connectivity index is 1.57. The molecule has 1 aromatic carbocycles. The summed E-state index contributed by atoms with van der Waals surface area (Å²) < 4.78 is 10.6. The van der Waals surface area contributed by atoms with E-state index < -0.39 is 0 Å². The maximum Gasteiger partial charge on any atom is 0.254 e. The van der Waals surface area contributed by atoms with Crippen molar-refractivity contribution < 1.29 is 14.3 Å². The molecule has 0 unspecified atom stereocenters. The zero-order valence-electron chi connectivity index (χ0n) is 16.8. The van der Waals surface area contributed by atoms with Crippen LogP contribution in [-0.4, -0.2) is 49.7 Å². The first kappa shape index (κ1) is 19.9. The van der Waals surface area contributed by atoms with Gasteiger partial charge < -0.3 is 19.7 Å². The van der Waals surface area contributed by atoms with Gasteiger partial charge in [-0.25, -0.2) is 9.97 Å². The first-order valence-corrected chi connectivity index (χ1v) is 9.70. The third-order valence-electron chi connectivity index (χ3n) is 5.00. The van der Waals surface area contributed by atoms with Crippen molar-refractivity contribution in [3.05, 3.63) is 41.2 Å². The van der Waals surface area contributed by atoms with E-state index in [0.717, 1.165) is 24.6 Å². The standard InChI is InChI=1S/C21H28N4O3/c1-15-17(14-23-21(24-15)25-11-5-4-6-12-25)20(26)22-10-9-16-7-8-18(27-2)19(13-16)28-3/h7-8,13-14H,4-6,9-12H2,1-3H3,(H,22,26). The Labute approximate surface area is 166 Å². The van der Waals surface area contributed by atoms with E-state index in [2.05, 4.69) is 20.2 Å². The van der Waals surface area contributed by atoms with Crippen LogP contribution in [0, 0.1) is 6.92 Å². The van der Waals surface area contributed by atoms with Crippen LogP contribution in [0.1, 0.15) is 40.9 Å². The van der Waals surface area contributed by atoms with Gasteiger partial charge in [-0.15, -0.1) is 0 Å². The second kappa shape index (κ2) is 9.39. The lowest BCUT2D eigenvalue weighted by atomic mass is 10.1. The minimum Gasteiger partial charge on any atom is -0.493 e. The van der Waals surface area contributed by atoms with E-state index in [-0.39, 0.29) is 5.91 Å². The van der Waals surface area contributed by atoms with Crippen LogP contribution >= 0.6 is 0 Å². The predicted molar refractivity (Wildman–Crippen MR) is 108 cm³/mol. The Kier molecular flexibility index (Phi) is 6.68. The summed E-state index contributed by atoms with van der Waals surface area (Å²) >= 11 is 0. The molecule has 0 aliphatic carbocycles. The van der Waals surface area contributed by atoms with Crippen molar-refractivity contribution in [3.63, 3.8) is 0 Å². The van der Waals surface area contributed by atoms with Crippen LogP contribution in [0.4, 0.5) is 5.95 Å². The molecule has 0 radical (unpaired) electrons. The number of nitrogens with one attached hydrogen (secondary N) is 1. The van der Waals surface area contributed by atoms with Crippen molar-refractivity contribution in [1.29, 1.82) is 0 Å². The fourth-order valence-electron chi connectivity index (χ4n) is 3.38. The highest BCUT2D eigenvalue weighted by Crippen LogP contribution is 2.27. The zero-order valence-corrected chi connectivity index (χ0v) is 16.8. The van der Waals surface area contributed by atoms with Crippen molar-refractivity contribution in [2.45, 2.75) is 32.6 Å². The molecule has 1 N–H and O–H groups in total.